The third kappa shape index (κ3) is 6.25. The first-order valence-corrected chi connectivity index (χ1v) is 6.53. The van der Waals surface area contributed by atoms with E-state index in [4.69, 9.17) is 9.47 Å². The van der Waals surface area contributed by atoms with Crippen molar-refractivity contribution in [2.24, 2.45) is 0 Å². The van der Waals surface area contributed by atoms with Gasteiger partial charge in [0, 0.05) is 0 Å². The maximum Gasteiger partial charge on any atom is 0.118 e. The van der Waals surface area contributed by atoms with Gasteiger partial charge in [0.1, 0.15) is 5.75 Å². The molecule has 19 heavy (non-hydrogen) atoms. The highest BCUT2D eigenvalue weighted by Crippen LogP contribution is 2.17. The van der Waals surface area contributed by atoms with Crippen LogP contribution in [0.5, 0.6) is 5.75 Å². The molecular weight excluding hydrogens is 236 g/mol. The fourth-order valence-electron chi connectivity index (χ4n) is 1.59. The molecule has 0 spiro atoms. The van der Waals surface area contributed by atoms with Crippen LogP contribution in [0, 0.1) is 0 Å². The summed E-state index contributed by atoms with van der Waals surface area (Å²) < 4.78 is 11.0. The molecule has 104 valence electrons. The van der Waals surface area contributed by atoms with E-state index in [1.807, 2.05) is 30.3 Å². The average Bonchev–Trinajstić information content (AvgIpc) is 2.36. The van der Waals surface area contributed by atoms with Gasteiger partial charge >= 0.3 is 0 Å². The number of allylic oxidation sites excluding steroid dienone is 1. The standard InChI is InChI=1S/C17H24O2/c1-6-7-15(13-19-17(2,3)4)12-14-8-10-16(18-5)11-9-14/h6,8-12H,1,7,13H2,2-5H3/b15-12+. The maximum atomic E-state index is 5.82. The van der Waals surface area contributed by atoms with E-state index < -0.39 is 0 Å². The number of hydrogen-bond acceptors (Lipinski definition) is 2. The Hall–Kier alpha value is -1.54. The van der Waals surface area contributed by atoms with Crippen molar-refractivity contribution in [1.29, 1.82) is 0 Å². The molecule has 0 fully saturated rings. The number of rotatable bonds is 6. The van der Waals surface area contributed by atoms with Crippen molar-refractivity contribution in [3.63, 3.8) is 0 Å². The van der Waals surface area contributed by atoms with E-state index >= 15 is 0 Å². The Kier molecular flexibility index (Phi) is 5.84. The summed E-state index contributed by atoms with van der Waals surface area (Å²) >= 11 is 0. The van der Waals surface area contributed by atoms with Gasteiger partial charge in [0.05, 0.1) is 19.3 Å². The highest BCUT2D eigenvalue weighted by atomic mass is 16.5. The lowest BCUT2D eigenvalue weighted by Crippen LogP contribution is -2.20. The van der Waals surface area contributed by atoms with Gasteiger partial charge in [0.25, 0.3) is 0 Å². The topological polar surface area (TPSA) is 18.5 Å². The third-order valence-corrected chi connectivity index (χ3v) is 2.58. The Labute approximate surface area is 116 Å². The molecule has 0 saturated carbocycles. The van der Waals surface area contributed by atoms with Gasteiger partial charge in [-0.15, -0.1) is 6.58 Å². The summed E-state index contributed by atoms with van der Waals surface area (Å²) in [6.07, 6.45) is 4.89. The molecule has 2 heteroatoms. The Morgan fingerprint density at radius 2 is 1.84 bits per heavy atom. The van der Waals surface area contributed by atoms with E-state index in [2.05, 4.69) is 33.4 Å². The van der Waals surface area contributed by atoms with E-state index in [1.165, 1.54) is 5.57 Å². The molecule has 2 nitrogen and oxygen atoms in total. The molecule has 1 aromatic rings. The van der Waals surface area contributed by atoms with E-state index in [1.54, 1.807) is 7.11 Å². The van der Waals surface area contributed by atoms with Gasteiger partial charge in [-0.05, 0) is 50.5 Å². The molecule has 0 saturated heterocycles. The lowest BCUT2D eigenvalue weighted by Gasteiger charge is -2.20. The molecule has 0 aliphatic rings. The minimum absolute atomic E-state index is 0.125. The molecule has 0 aliphatic carbocycles. The third-order valence-electron chi connectivity index (χ3n) is 2.58. The zero-order valence-corrected chi connectivity index (χ0v) is 12.4. The zero-order chi connectivity index (χ0) is 14.3. The van der Waals surface area contributed by atoms with E-state index in [-0.39, 0.29) is 5.60 Å². The summed E-state index contributed by atoms with van der Waals surface area (Å²) in [6.45, 7) is 10.6. The van der Waals surface area contributed by atoms with Crippen LogP contribution in [0.2, 0.25) is 0 Å². The summed E-state index contributed by atoms with van der Waals surface area (Å²) in [5, 5.41) is 0. The van der Waals surface area contributed by atoms with E-state index in [0.717, 1.165) is 17.7 Å². The monoisotopic (exact) mass is 260 g/mol. The molecule has 0 radical (unpaired) electrons. The van der Waals surface area contributed by atoms with Crippen LogP contribution in [0.4, 0.5) is 0 Å². The van der Waals surface area contributed by atoms with Crippen molar-refractivity contribution in [3.8, 4) is 5.75 Å². The minimum Gasteiger partial charge on any atom is -0.497 e. The molecular formula is C17H24O2. The van der Waals surface area contributed by atoms with Crippen LogP contribution in [-0.2, 0) is 4.74 Å². The number of benzene rings is 1. The Morgan fingerprint density at radius 3 is 2.32 bits per heavy atom. The van der Waals surface area contributed by atoms with Crippen molar-refractivity contribution >= 4 is 6.08 Å². The van der Waals surface area contributed by atoms with Gasteiger partial charge in [0.15, 0.2) is 0 Å². The smallest absolute Gasteiger partial charge is 0.118 e. The number of hydrogen-bond donors (Lipinski definition) is 0. The van der Waals surface area contributed by atoms with Gasteiger partial charge in [0.2, 0.25) is 0 Å². The Balaban J connectivity index is 2.78. The van der Waals surface area contributed by atoms with Crippen molar-refractivity contribution in [3.05, 3.63) is 48.1 Å². The van der Waals surface area contributed by atoms with Gasteiger partial charge in [-0.25, -0.2) is 0 Å². The Bertz CT molecular complexity index is 422. The van der Waals surface area contributed by atoms with Gasteiger partial charge in [-0.3, -0.25) is 0 Å². The largest absolute Gasteiger partial charge is 0.497 e. The molecule has 0 unspecified atom stereocenters. The second kappa shape index (κ2) is 7.15. The molecule has 0 heterocycles. The van der Waals surface area contributed by atoms with Crippen LogP contribution in [0.3, 0.4) is 0 Å². The molecule has 1 rings (SSSR count). The summed E-state index contributed by atoms with van der Waals surface area (Å²) in [6, 6.07) is 8.00. The first kappa shape index (κ1) is 15.5. The van der Waals surface area contributed by atoms with E-state index in [9.17, 15) is 0 Å². The second-order valence-electron chi connectivity index (χ2n) is 5.47. The molecule has 0 aromatic heterocycles. The molecule has 0 N–H and O–H groups in total. The fourth-order valence-corrected chi connectivity index (χ4v) is 1.59. The molecule has 0 atom stereocenters. The van der Waals surface area contributed by atoms with Crippen molar-refractivity contribution in [2.75, 3.05) is 13.7 Å². The first-order valence-electron chi connectivity index (χ1n) is 6.53. The van der Waals surface area contributed by atoms with Crippen molar-refractivity contribution in [2.45, 2.75) is 32.8 Å². The van der Waals surface area contributed by atoms with Crippen LogP contribution in [-0.4, -0.2) is 19.3 Å². The minimum atomic E-state index is -0.125. The molecule has 0 bridgehead atoms. The summed E-state index contributed by atoms with van der Waals surface area (Å²) in [5.41, 5.74) is 2.24. The van der Waals surface area contributed by atoms with Crippen molar-refractivity contribution in [1.82, 2.24) is 0 Å². The highest BCUT2D eigenvalue weighted by molar-refractivity contribution is 5.54. The van der Waals surface area contributed by atoms with Crippen LogP contribution >= 0.6 is 0 Å². The molecule has 0 aliphatic heterocycles. The predicted molar refractivity (Wildman–Crippen MR) is 81.5 cm³/mol. The summed E-state index contributed by atoms with van der Waals surface area (Å²) in [7, 11) is 1.67. The second-order valence-corrected chi connectivity index (χ2v) is 5.47. The zero-order valence-electron chi connectivity index (χ0n) is 12.4. The van der Waals surface area contributed by atoms with Crippen LogP contribution in [0.1, 0.15) is 32.8 Å². The van der Waals surface area contributed by atoms with E-state index in [0.29, 0.717) is 6.61 Å². The summed E-state index contributed by atoms with van der Waals surface area (Å²) in [4.78, 5) is 0. The van der Waals surface area contributed by atoms with Gasteiger partial charge < -0.3 is 9.47 Å². The molecule has 1 aromatic carbocycles. The lowest BCUT2D eigenvalue weighted by atomic mass is 10.1. The van der Waals surface area contributed by atoms with Crippen LogP contribution in [0.25, 0.3) is 6.08 Å². The predicted octanol–water partition coefficient (Wildman–Crippen LogP) is 4.47. The van der Waals surface area contributed by atoms with Crippen LogP contribution < -0.4 is 4.74 Å². The highest BCUT2D eigenvalue weighted by Gasteiger charge is 2.10. The number of methoxy groups -OCH3 is 1. The number of ether oxygens (including phenoxy) is 2. The lowest BCUT2D eigenvalue weighted by molar-refractivity contribution is 0.0109. The van der Waals surface area contributed by atoms with Crippen LogP contribution in [0.15, 0.2) is 42.5 Å². The average molecular weight is 260 g/mol. The SMILES string of the molecule is C=CC/C(=C\c1ccc(OC)cc1)COC(C)(C)C. The Morgan fingerprint density at radius 1 is 1.21 bits per heavy atom. The summed E-state index contributed by atoms with van der Waals surface area (Å²) in [5.74, 6) is 0.869. The van der Waals surface area contributed by atoms with Crippen molar-refractivity contribution < 1.29 is 9.47 Å². The van der Waals surface area contributed by atoms with Gasteiger partial charge in [-0.1, -0.05) is 24.3 Å². The quantitative estimate of drug-likeness (QED) is 0.703. The van der Waals surface area contributed by atoms with Gasteiger partial charge in [-0.2, -0.15) is 0 Å². The maximum absolute atomic E-state index is 5.82. The normalized spacial score (nSPS) is 12.3. The molecule has 0 amide bonds. The first-order chi connectivity index (χ1) is 8.94. The fraction of sp³-hybridized carbons (Fsp3) is 0.412.